The molecule has 0 saturated heterocycles. The second kappa shape index (κ2) is 8.99. The second-order valence-corrected chi connectivity index (χ2v) is 6.61. The maximum atomic E-state index is 12.3. The van der Waals surface area contributed by atoms with Crippen molar-refractivity contribution >= 4 is 35.3 Å². The van der Waals surface area contributed by atoms with Gasteiger partial charge in [-0.1, -0.05) is 12.1 Å². The fourth-order valence-corrected chi connectivity index (χ4v) is 3.03. The highest BCUT2D eigenvalue weighted by Gasteiger charge is 2.34. The number of nitrogens with one attached hydrogen (secondary N) is 2. The van der Waals surface area contributed by atoms with Crippen LogP contribution in [0.3, 0.4) is 0 Å². The highest BCUT2D eigenvalue weighted by Crippen LogP contribution is 2.22. The lowest BCUT2D eigenvalue weighted by molar-refractivity contribution is -0.135. The Morgan fingerprint density at radius 2 is 1.50 bits per heavy atom. The van der Waals surface area contributed by atoms with Gasteiger partial charge in [-0.05, 0) is 42.8 Å². The van der Waals surface area contributed by atoms with E-state index >= 15 is 0 Å². The Balaban J connectivity index is 1.46. The number of amides is 4. The van der Waals surface area contributed by atoms with Crippen molar-refractivity contribution in [2.24, 2.45) is 0 Å². The van der Waals surface area contributed by atoms with Crippen molar-refractivity contribution in [3.63, 3.8) is 0 Å². The topological polar surface area (TPSA) is 133 Å². The average Bonchev–Trinajstić information content (AvgIpc) is 2.97. The molecule has 154 valence electrons. The van der Waals surface area contributed by atoms with E-state index in [0.29, 0.717) is 23.2 Å². The van der Waals surface area contributed by atoms with Crippen LogP contribution in [0.15, 0.2) is 48.5 Å². The molecule has 0 radical (unpaired) electrons. The summed E-state index contributed by atoms with van der Waals surface area (Å²) in [5.74, 6) is -2.68. The minimum absolute atomic E-state index is 0.105. The molecular formula is C21H19N3O6. The summed E-state index contributed by atoms with van der Waals surface area (Å²) < 4.78 is 0. The summed E-state index contributed by atoms with van der Waals surface area (Å²) in [6, 6.07) is 12.6. The van der Waals surface area contributed by atoms with Gasteiger partial charge in [0.15, 0.2) is 0 Å². The molecular weight excluding hydrogens is 390 g/mol. The molecule has 0 spiro atoms. The van der Waals surface area contributed by atoms with Gasteiger partial charge >= 0.3 is 5.97 Å². The van der Waals surface area contributed by atoms with E-state index in [1.54, 1.807) is 24.3 Å². The molecule has 0 saturated carbocycles. The number of aliphatic carboxylic acids is 1. The second-order valence-electron chi connectivity index (χ2n) is 6.61. The molecule has 2 aromatic carbocycles. The lowest BCUT2D eigenvalue weighted by atomic mass is 10.1. The molecule has 1 aliphatic rings. The molecule has 30 heavy (non-hydrogen) atoms. The molecule has 1 heterocycles. The number of carboxylic acid groups (broad SMARTS) is 1. The predicted molar refractivity (Wildman–Crippen MR) is 106 cm³/mol. The summed E-state index contributed by atoms with van der Waals surface area (Å²) in [6.07, 6.45) is 0.418. The molecule has 0 aromatic heterocycles. The van der Waals surface area contributed by atoms with Crippen LogP contribution in [0.25, 0.3) is 0 Å². The quantitative estimate of drug-likeness (QED) is 0.566. The predicted octanol–water partition coefficient (Wildman–Crippen LogP) is 1.52. The Morgan fingerprint density at radius 1 is 0.900 bits per heavy atom. The maximum absolute atomic E-state index is 12.3. The fourth-order valence-electron chi connectivity index (χ4n) is 3.03. The minimum atomic E-state index is -1.14. The summed E-state index contributed by atoms with van der Waals surface area (Å²) in [4.78, 5) is 60.1. The highest BCUT2D eigenvalue weighted by atomic mass is 16.4. The molecule has 9 nitrogen and oxygen atoms in total. The van der Waals surface area contributed by atoms with Crippen molar-refractivity contribution < 1.29 is 29.1 Å². The van der Waals surface area contributed by atoms with Crippen molar-refractivity contribution in [2.45, 2.75) is 12.8 Å². The minimum Gasteiger partial charge on any atom is -0.480 e. The van der Waals surface area contributed by atoms with Crippen molar-refractivity contribution in [1.82, 2.24) is 10.2 Å². The first-order chi connectivity index (χ1) is 14.4. The first kappa shape index (κ1) is 20.7. The summed E-state index contributed by atoms with van der Waals surface area (Å²) in [5.41, 5.74) is 1.48. The first-order valence-corrected chi connectivity index (χ1v) is 9.22. The Kier molecular flexibility index (Phi) is 6.21. The van der Waals surface area contributed by atoms with E-state index in [9.17, 15) is 24.0 Å². The number of rotatable bonds is 8. The smallest absolute Gasteiger partial charge is 0.322 e. The Bertz CT molecular complexity index is 981. The monoisotopic (exact) mass is 409 g/mol. The number of hydrogen-bond donors (Lipinski definition) is 3. The SMILES string of the molecule is O=C(O)CNC(=O)c1ccc(NC(=O)CCCN2C(=O)c3ccccc3C2=O)cc1. The molecule has 3 rings (SSSR count). The zero-order chi connectivity index (χ0) is 21.7. The third-order valence-electron chi connectivity index (χ3n) is 4.49. The number of fused-ring (bicyclic) bond motifs is 1. The van der Waals surface area contributed by atoms with Crippen molar-refractivity contribution in [1.29, 1.82) is 0 Å². The van der Waals surface area contributed by atoms with Gasteiger partial charge in [-0.25, -0.2) is 0 Å². The van der Waals surface area contributed by atoms with E-state index in [1.807, 2.05) is 0 Å². The normalized spacial score (nSPS) is 12.5. The van der Waals surface area contributed by atoms with Gasteiger partial charge in [0, 0.05) is 24.2 Å². The van der Waals surface area contributed by atoms with E-state index in [1.165, 1.54) is 24.3 Å². The van der Waals surface area contributed by atoms with Crippen molar-refractivity contribution in [2.75, 3.05) is 18.4 Å². The fraction of sp³-hybridized carbons (Fsp3) is 0.190. The van der Waals surface area contributed by atoms with Gasteiger partial charge in [0.25, 0.3) is 17.7 Å². The molecule has 0 atom stereocenters. The average molecular weight is 409 g/mol. The van der Waals surface area contributed by atoms with Crippen LogP contribution in [0.5, 0.6) is 0 Å². The van der Waals surface area contributed by atoms with Gasteiger partial charge in [-0.15, -0.1) is 0 Å². The van der Waals surface area contributed by atoms with Gasteiger partial charge in [0.1, 0.15) is 6.54 Å². The van der Waals surface area contributed by atoms with Gasteiger partial charge in [0.05, 0.1) is 11.1 Å². The van der Waals surface area contributed by atoms with Crippen LogP contribution in [0.2, 0.25) is 0 Å². The van der Waals surface area contributed by atoms with Crippen LogP contribution in [-0.4, -0.2) is 52.7 Å². The molecule has 0 unspecified atom stereocenters. The molecule has 9 heteroatoms. The van der Waals surface area contributed by atoms with Crippen LogP contribution >= 0.6 is 0 Å². The number of anilines is 1. The lowest BCUT2D eigenvalue weighted by Crippen LogP contribution is -2.31. The summed E-state index contributed by atoms with van der Waals surface area (Å²) in [5, 5.41) is 13.5. The number of imide groups is 1. The molecule has 4 amide bonds. The van der Waals surface area contributed by atoms with Crippen LogP contribution in [0.4, 0.5) is 5.69 Å². The third kappa shape index (κ3) is 4.69. The van der Waals surface area contributed by atoms with Gasteiger partial charge in [0.2, 0.25) is 5.91 Å². The van der Waals surface area contributed by atoms with Gasteiger partial charge in [-0.2, -0.15) is 0 Å². The number of benzene rings is 2. The van der Waals surface area contributed by atoms with Gasteiger partial charge in [-0.3, -0.25) is 28.9 Å². The van der Waals surface area contributed by atoms with E-state index in [4.69, 9.17) is 5.11 Å². The Labute approximate surface area is 171 Å². The molecule has 0 fully saturated rings. The molecule has 0 aliphatic carbocycles. The lowest BCUT2D eigenvalue weighted by Gasteiger charge is -2.13. The van der Waals surface area contributed by atoms with Crippen LogP contribution in [-0.2, 0) is 9.59 Å². The summed E-state index contributed by atoms with van der Waals surface area (Å²) in [7, 11) is 0. The van der Waals surface area contributed by atoms with Crippen molar-refractivity contribution in [3.05, 3.63) is 65.2 Å². The summed E-state index contributed by atoms with van der Waals surface area (Å²) in [6.45, 7) is -0.340. The standard InChI is InChI=1S/C21H19N3O6/c25-17(23-14-9-7-13(8-10-14)19(28)22-12-18(26)27)6-3-11-24-20(29)15-4-1-2-5-16(15)21(24)30/h1-2,4-5,7-10H,3,6,11-12H2,(H,22,28)(H,23,25)(H,26,27). The zero-order valence-electron chi connectivity index (χ0n) is 15.9. The highest BCUT2D eigenvalue weighted by molar-refractivity contribution is 6.21. The Morgan fingerprint density at radius 3 is 2.07 bits per heavy atom. The number of carboxylic acids is 1. The van der Waals surface area contributed by atoms with E-state index in [0.717, 1.165) is 4.90 Å². The molecule has 3 N–H and O–H groups in total. The van der Waals surface area contributed by atoms with E-state index < -0.39 is 18.4 Å². The molecule has 1 aliphatic heterocycles. The zero-order valence-corrected chi connectivity index (χ0v) is 15.9. The van der Waals surface area contributed by atoms with Gasteiger partial charge < -0.3 is 15.7 Å². The third-order valence-corrected chi connectivity index (χ3v) is 4.49. The first-order valence-electron chi connectivity index (χ1n) is 9.22. The van der Waals surface area contributed by atoms with Crippen LogP contribution in [0, 0.1) is 0 Å². The molecule has 0 bridgehead atoms. The van der Waals surface area contributed by atoms with E-state index in [-0.39, 0.29) is 36.3 Å². The van der Waals surface area contributed by atoms with Crippen LogP contribution < -0.4 is 10.6 Å². The van der Waals surface area contributed by atoms with Crippen molar-refractivity contribution in [3.8, 4) is 0 Å². The number of carbonyl (C=O) groups excluding carboxylic acids is 4. The largest absolute Gasteiger partial charge is 0.480 e. The van der Waals surface area contributed by atoms with E-state index in [2.05, 4.69) is 10.6 Å². The maximum Gasteiger partial charge on any atom is 0.322 e. The number of nitrogens with zero attached hydrogens (tertiary/aromatic N) is 1. The number of hydrogen-bond acceptors (Lipinski definition) is 5. The Hall–Kier alpha value is -4.01. The summed E-state index contributed by atoms with van der Waals surface area (Å²) >= 11 is 0. The molecule has 2 aromatic rings. The van der Waals surface area contributed by atoms with Crippen LogP contribution in [0.1, 0.15) is 43.9 Å². The number of carbonyl (C=O) groups is 5.